The van der Waals surface area contributed by atoms with E-state index in [0.717, 1.165) is 44.2 Å². The number of alkyl halides is 3. The summed E-state index contributed by atoms with van der Waals surface area (Å²) in [4.78, 5) is 51.3. The Morgan fingerprint density at radius 3 is 2.35 bits per heavy atom. The van der Waals surface area contributed by atoms with E-state index < -0.39 is 47.7 Å². The highest BCUT2D eigenvalue weighted by atomic mass is 19.4. The van der Waals surface area contributed by atoms with Gasteiger partial charge in [0.1, 0.15) is 0 Å². The highest BCUT2D eigenvalue weighted by Gasteiger charge is 2.40. The number of esters is 1. The summed E-state index contributed by atoms with van der Waals surface area (Å²) in [6.07, 6.45) is -0.248. The Hall–Kier alpha value is -3.69. The SMILES string of the molecule is O=C(COC(=O)c1ccc2c(c1)C(=O)N(C1CCCCC1)C2=O)Nc1ccccc1C(F)(F)F. The van der Waals surface area contributed by atoms with Gasteiger partial charge in [0, 0.05) is 6.04 Å². The first kappa shape index (κ1) is 23.5. The second kappa shape index (κ2) is 9.28. The van der Waals surface area contributed by atoms with Crippen LogP contribution >= 0.6 is 0 Å². The Morgan fingerprint density at radius 2 is 1.65 bits per heavy atom. The molecule has 0 radical (unpaired) electrons. The second-order valence-corrected chi connectivity index (χ2v) is 8.20. The van der Waals surface area contributed by atoms with E-state index in [4.69, 9.17) is 4.74 Å². The number of anilines is 1. The lowest BCUT2D eigenvalue weighted by molar-refractivity contribution is -0.137. The fraction of sp³-hybridized carbons (Fsp3) is 0.333. The highest BCUT2D eigenvalue weighted by molar-refractivity contribution is 6.22. The van der Waals surface area contributed by atoms with Crippen LogP contribution in [-0.2, 0) is 15.7 Å². The largest absolute Gasteiger partial charge is 0.452 e. The maximum atomic E-state index is 13.1. The fourth-order valence-corrected chi connectivity index (χ4v) is 4.30. The van der Waals surface area contributed by atoms with Gasteiger partial charge in [-0.2, -0.15) is 13.2 Å². The van der Waals surface area contributed by atoms with Crippen LogP contribution in [0.15, 0.2) is 42.5 Å². The summed E-state index contributed by atoms with van der Waals surface area (Å²) >= 11 is 0. The summed E-state index contributed by atoms with van der Waals surface area (Å²) in [6.45, 7) is -0.830. The van der Waals surface area contributed by atoms with Crippen molar-refractivity contribution in [3.8, 4) is 0 Å². The van der Waals surface area contributed by atoms with Crippen molar-refractivity contribution in [3.05, 3.63) is 64.7 Å². The van der Waals surface area contributed by atoms with Crippen molar-refractivity contribution in [1.82, 2.24) is 4.90 Å². The van der Waals surface area contributed by atoms with E-state index in [1.165, 1.54) is 35.2 Å². The molecular formula is C24H21F3N2O5. The molecule has 1 saturated carbocycles. The molecule has 2 aliphatic rings. The van der Waals surface area contributed by atoms with E-state index in [9.17, 15) is 32.3 Å². The minimum atomic E-state index is -4.67. The minimum Gasteiger partial charge on any atom is -0.452 e. The first-order chi connectivity index (χ1) is 16.2. The third-order valence-corrected chi connectivity index (χ3v) is 5.93. The van der Waals surface area contributed by atoms with Crippen LogP contribution in [0, 0.1) is 0 Å². The van der Waals surface area contributed by atoms with E-state index in [-0.39, 0.29) is 22.7 Å². The van der Waals surface area contributed by atoms with Gasteiger partial charge in [0.25, 0.3) is 17.7 Å². The van der Waals surface area contributed by atoms with Crippen LogP contribution < -0.4 is 5.32 Å². The van der Waals surface area contributed by atoms with Gasteiger partial charge in [0.15, 0.2) is 6.61 Å². The van der Waals surface area contributed by atoms with E-state index in [1.54, 1.807) is 0 Å². The van der Waals surface area contributed by atoms with Crippen LogP contribution in [0.2, 0.25) is 0 Å². The van der Waals surface area contributed by atoms with Crippen LogP contribution in [-0.4, -0.2) is 41.2 Å². The zero-order valence-electron chi connectivity index (χ0n) is 18.0. The third kappa shape index (κ3) is 4.66. The molecule has 1 aliphatic carbocycles. The Labute approximate surface area is 192 Å². The number of hydrogen-bond donors (Lipinski definition) is 1. The topological polar surface area (TPSA) is 92.8 Å². The van der Waals surface area contributed by atoms with Gasteiger partial charge >= 0.3 is 12.1 Å². The van der Waals surface area contributed by atoms with E-state index in [1.807, 2.05) is 0 Å². The van der Waals surface area contributed by atoms with Crippen molar-refractivity contribution in [2.24, 2.45) is 0 Å². The van der Waals surface area contributed by atoms with Gasteiger partial charge in [-0.25, -0.2) is 4.79 Å². The van der Waals surface area contributed by atoms with Crippen molar-refractivity contribution >= 4 is 29.4 Å². The van der Waals surface area contributed by atoms with Gasteiger partial charge in [0.05, 0.1) is 27.9 Å². The molecule has 1 heterocycles. The predicted molar refractivity (Wildman–Crippen MR) is 114 cm³/mol. The Kier molecular flexibility index (Phi) is 6.41. The number of amides is 3. The summed E-state index contributed by atoms with van der Waals surface area (Å²) in [5.74, 6) is -2.77. The molecular weight excluding hydrogens is 453 g/mol. The molecule has 34 heavy (non-hydrogen) atoms. The van der Waals surface area contributed by atoms with Crippen molar-refractivity contribution in [3.63, 3.8) is 0 Å². The van der Waals surface area contributed by atoms with Gasteiger partial charge < -0.3 is 10.1 Å². The summed E-state index contributed by atoms with van der Waals surface area (Å²) < 4.78 is 44.1. The Morgan fingerprint density at radius 1 is 0.971 bits per heavy atom. The predicted octanol–water partition coefficient (Wildman–Crippen LogP) is 4.43. The van der Waals surface area contributed by atoms with Crippen molar-refractivity contribution in [1.29, 1.82) is 0 Å². The van der Waals surface area contributed by atoms with Crippen LogP contribution in [0.4, 0.5) is 18.9 Å². The number of rotatable bonds is 5. The normalized spacial score (nSPS) is 16.4. The molecule has 0 bridgehead atoms. The highest BCUT2D eigenvalue weighted by Crippen LogP contribution is 2.34. The van der Waals surface area contributed by atoms with Crippen LogP contribution in [0.1, 0.15) is 68.7 Å². The number of fused-ring (bicyclic) bond motifs is 1. The molecule has 0 aromatic heterocycles. The van der Waals surface area contributed by atoms with Crippen LogP contribution in [0.25, 0.3) is 0 Å². The first-order valence-corrected chi connectivity index (χ1v) is 10.8. The van der Waals surface area contributed by atoms with Gasteiger partial charge in [-0.15, -0.1) is 0 Å². The molecule has 0 atom stereocenters. The van der Waals surface area contributed by atoms with Crippen molar-refractivity contribution < 1.29 is 37.1 Å². The number of ether oxygens (including phenoxy) is 1. The average molecular weight is 474 g/mol. The Bertz CT molecular complexity index is 1160. The fourth-order valence-electron chi connectivity index (χ4n) is 4.30. The number of imide groups is 1. The molecule has 0 saturated heterocycles. The number of carbonyl (C=O) groups excluding carboxylic acids is 4. The maximum Gasteiger partial charge on any atom is 0.418 e. The lowest BCUT2D eigenvalue weighted by atomic mass is 9.94. The molecule has 0 spiro atoms. The van der Waals surface area contributed by atoms with E-state index in [0.29, 0.717) is 0 Å². The molecule has 1 fully saturated rings. The Balaban J connectivity index is 1.41. The number of carbonyl (C=O) groups is 4. The quantitative estimate of drug-likeness (QED) is 0.511. The summed E-state index contributed by atoms with van der Waals surface area (Å²) in [7, 11) is 0. The molecule has 10 heteroatoms. The second-order valence-electron chi connectivity index (χ2n) is 8.20. The number of para-hydroxylation sites is 1. The zero-order chi connectivity index (χ0) is 24.5. The number of halogens is 3. The molecule has 3 amide bonds. The monoisotopic (exact) mass is 474 g/mol. The summed E-state index contributed by atoms with van der Waals surface area (Å²) in [5, 5.41) is 2.08. The smallest absolute Gasteiger partial charge is 0.418 e. The molecule has 0 unspecified atom stereocenters. The van der Waals surface area contributed by atoms with Crippen LogP contribution in [0.3, 0.4) is 0 Å². The number of nitrogens with zero attached hydrogens (tertiary/aromatic N) is 1. The van der Waals surface area contributed by atoms with Crippen LogP contribution in [0.5, 0.6) is 0 Å². The lowest BCUT2D eigenvalue weighted by Crippen LogP contribution is -2.40. The number of nitrogens with one attached hydrogen (secondary N) is 1. The molecule has 4 rings (SSSR count). The number of hydrogen-bond acceptors (Lipinski definition) is 5. The molecule has 2 aromatic carbocycles. The van der Waals surface area contributed by atoms with Gasteiger partial charge in [-0.05, 0) is 43.2 Å². The zero-order valence-corrected chi connectivity index (χ0v) is 18.0. The van der Waals surface area contributed by atoms with E-state index in [2.05, 4.69) is 5.32 Å². The van der Waals surface area contributed by atoms with Gasteiger partial charge in [-0.3, -0.25) is 19.3 Å². The number of benzene rings is 2. The molecule has 178 valence electrons. The standard InChI is InChI=1S/C24H21F3N2O5/c25-24(26,27)18-8-4-5-9-19(18)28-20(30)13-34-23(33)14-10-11-16-17(12-14)22(32)29(21(16)31)15-6-2-1-3-7-15/h4-5,8-12,15H,1-3,6-7,13H2,(H,28,30). The molecule has 7 nitrogen and oxygen atoms in total. The molecule has 1 aliphatic heterocycles. The summed E-state index contributed by atoms with van der Waals surface area (Å²) in [5.41, 5.74) is -1.24. The maximum absolute atomic E-state index is 13.1. The van der Waals surface area contributed by atoms with Gasteiger partial charge in [-0.1, -0.05) is 31.4 Å². The van der Waals surface area contributed by atoms with Crippen molar-refractivity contribution in [2.45, 2.75) is 44.3 Å². The molecule has 2 aromatic rings. The van der Waals surface area contributed by atoms with Crippen molar-refractivity contribution in [2.75, 3.05) is 11.9 Å². The third-order valence-electron chi connectivity index (χ3n) is 5.93. The summed E-state index contributed by atoms with van der Waals surface area (Å²) in [6, 6.07) is 8.19. The lowest BCUT2D eigenvalue weighted by Gasteiger charge is -2.29. The first-order valence-electron chi connectivity index (χ1n) is 10.8. The van der Waals surface area contributed by atoms with Gasteiger partial charge in [0.2, 0.25) is 0 Å². The molecule has 1 N–H and O–H groups in total. The van der Waals surface area contributed by atoms with E-state index >= 15 is 0 Å². The minimum absolute atomic E-state index is 0.0473. The average Bonchev–Trinajstić information content (AvgIpc) is 3.07.